The lowest BCUT2D eigenvalue weighted by molar-refractivity contribution is 0.219. The summed E-state index contributed by atoms with van der Waals surface area (Å²) < 4.78 is 0. The molecule has 2 amide bonds. The van der Waals surface area contributed by atoms with Crippen LogP contribution in [0.2, 0.25) is 0 Å². The molecule has 0 unspecified atom stereocenters. The minimum Gasteiger partial charge on any atom is -0.324 e. The number of urea groups is 1. The number of anilines is 1. The molecule has 0 radical (unpaired) electrons. The Kier molecular flexibility index (Phi) is 3.04. The van der Waals surface area contributed by atoms with E-state index in [1.165, 1.54) is 0 Å². The van der Waals surface area contributed by atoms with Crippen LogP contribution in [0.4, 0.5) is 10.5 Å². The smallest absolute Gasteiger partial charge is 0.321 e. The van der Waals surface area contributed by atoms with Crippen LogP contribution >= 0.6 is 0 Å². The summed E-state index contributed by atoms with van der Waals surface area (Å²) >= 11 is 0. The van der Waals surface area contributed by atoms with Crippen molar-refractivity contribution in [1.82, 2.24) is 10.2 Å². The molecule has 2 saturated heterocycles. The Morgan fingerprint density at radius 2 is 1.76 bits per heavy atom. The summed E-state index contributed by atoms with van der Waals surface area (Å²) in [5.41, 5.74) is 0.897. The van der Waals surface area contributed by atoms with Crippen LogP contribution in [0.25, 0.3) is 10.8 Å². The number of amides is 2. The van der Waals surface area contributed by atoms with Gasteiger partial charge in [-0.05, 0) is 23.3 Å². The second-order valence-corrected chi connectivity index (χ2v) is 6.04. The largest absolute Gasteiger partial charge is 0.324 e. The monoisotopic (exact) mass is 281 g/mol. The molecule has 2 atom stereocenters. The van der Waals surface area contributed by atoms with Crippen molar-refractivity contribution in [3.8, 4) is 0 Å². The quantitative estimate of drug-likeness (QED) is 0.843. The zero-order valence-corrected chi connectivity index (χ0v) is 11.9. The zero-order chi connectivity index (χ0) is 14.2. The van der Waals surface area contributed by atoms with Crippen LogP contribution < -0.4 is 10.6 Å². The first-order chi connectivity index (χ1) is 10.3. The van der Waals surface area contributed by atoms with E-state index in [2.05, 4.69) is 22.8 Å². The fraction of sp³-hybridized carbons (Fsp3) is 0.353. The van der Waals surface area contributed by atoms with E-state index >= 15 is 0 Å². The van der Waals surface area contributed by atoms with Crippen molar-refractivity contribution in [2.24, 2.45) is 11.8 Å². The Hall–Kier alpha value is -2.07. The third-order valence-electron chi connectivity index (χ3n) is 4.71. The average Bonchev–Trinajstić information content (AvgIpc) is 3.09. The highest BCUT2D eigenvalue weighted by atomic mass is 16.2. The van der Waals surface area contributed by atoms with Gasteiger partial charge in [0.2, 0.25) is 0 Å². The van der Waals surface area contributed by atoms with Gasteiger partial charge >= 0.3 is 6.03 Å². The lowest BCUT2D eigenvalue weighted by Gasteiger charge is -2.19. The van der Waals surface area contributed by atoms with Crippen molar-refractivity contribution in [2.75, 3.05) is 31.5 Å². The van der Waals surface area contributed by atoms with Crippen LogP contribution in [-0.2, 0) is 0 Å². The number of fused-ring (bicyclic) bond motifs is 2. The number of carbonyl (C=O) groups excluding carboxylic acids is 1. The van der Waals surface area contributed by atoms with Crippen molar-refractivity contribution in [3.05, 3.63) is 42.5 Å². The predicted molar refractivity (Wildman–Crippen MR) is 84.4 cm³/mol. The summed E-state index contributed by atoms with van der Waals surface area (Å²) in [5.74, 6) is 1.26. The van der Waals surface area contributed by atoms with E-state index in [0.717, 1.165) is 42.6 Å². The van der Waals surface area contributed by atoms with E-state index in [9.17, 15) is 4.79 Å². The minimum atomic E-state index is 0.0285. The van der Waals surface area contributed by atoms with Crippen LogP contribution in [0.1, 0.15) is 0 Å². The number of carbonyl (C=O) groups is 1. The maximum atomic E-state index is 12.5. The van der Waals surface area contributed by atoms with Gasteiger partial charge in [-0.2, -0.15) is 0 Å². The molecule has 2 N–H and O–H groups in total. The fourth-order valence-electron chi connectivity index (χ4n) is 3.55. The Labute approximate surface area is 124 Å². The highest BCUT2D eigenvalue weighted by Gasteiger charge is 2.38. The molecule has 108 valence electrons. The average molecular weight is 281 g/mol. The van der Waals surface area contributed by atoms with Crippen LogP contribution in [0, 0.1) is 11.8 Å². The summed E-state index contributed by atoms with van der Waals surface area (Å²) in [4.78, 5) is 14.4. The van der Waals surface area contributed by atoms with Crippen LogP contribution in [0.3, 0.4) is 0 Å². The van der Waals surface area contributed by atoms with Gasteiger partial charge < -0.3 is 15.5 Å². The third kappa shape index (κ3) is 2.25. The summed E-state index contributed by atoms with van der Waals surface area (Å²) in [6.45, 7) is 3.83. The third-order valence-corrected chi connectivity index (χ3v) is 4.71. The molecular formula is C17H19N3O. The molecule has 2 aromatic carbocycles. The first kappa shape index (κ1) is 12.7. The van der Waals surface area contributed by atoms with Gasteiger partial charge in [0.05, 0.1) is 5.69 Å². The second kappa shape index (κ2) is 5.04. The molecule has 4 nitrogen and oxygen atoms in total. The number of hydrogen-bond acceptors (Lipinski definition) is 2. The van der Waals surface area contributed by atoms with Crippen molar-refractivity contribution in [3.63, 3.8) is 0 Å². The van der Waals surface area contributed by atoms with Crippen molar-refractivity contribution >= 4 is 22.5 Å². The number of benzene rings is 2. The van der Waals surface area contributed by atoms with Crippen LogP contribution in [0.15, 0.2) is 42.5 Å². The number of rotatable bonds is 1. The molecule has 0 spiro atoms. The van der Waals surface area contributed by atoms with E-state index < -0.39 is 0 Å². The Balaban J connectivity index is 1.54. The molecule has 2 aliphatic heterocycles. The molecule has 0 bridgehead atoms. The molecule has 0 aromatic heterocycles. The molecule has 2 aliphatic rings. The number of likely N-dealkylation sites (tertiary alicyclic amines) is 1. The van der Waals surface area contributed by atoms with Gasteiger partial charge in [0.25, 0.3) is 0 Å². The lowest BCUT2D eigenvalue weighted by Crippen LogP contribution is -2.35. The highest BCUT2D eigenvalue weighted by molar-refractivity contribution is 6.01. The van der Waals surface area contributed by atoms with Crippen molar-refractivity contribution < 1.29 is 4.79 Å². The maximum Gasteiger partial charge on any atom is 0.321 e. The van der Waals surface area contributed by atoms with E-state index in [1.807, 2.05) is 35.2 Å². The minimum absolute atomic E-state index is 0.0285. The maximum absolute atomic E-state index is 12.5. The van der Waals surface area contributed by atoms with Gasteiger partial charge in [-0.3, -0.25) is 0 Å². The zero-order valence-electron chi connectivity index (χ0n) is 11.9. The van der Waals surface area contributed by atoms with Gasteiger partial charge in [0.15, 0.2) is 0 Å². The van der Waals surface area contributed by atoms with Gasteiger partial charge in [0.1, 0.15) is 0 Å². The summed E-state index contributed by atoms with van der Waals surface area (Å²) in [5, 5.41) is 8.72. The highest BCUT2D eigenvalue weighted by Crippen LogP contribution is 2.28. The van der Waals surface area contributed by atoms with E-state index in [-0.39, 0.29) is 6.03 Å². The number of nitrogens with one attached hydrogen (secondary N) is 2. The molecule has 2 heterocycles. The van der Waals surface area contributed by atoms with E-state index in [1.54, 1.807) is 0 Å². The summed E-state index contributed by atoms with van der Waals surface area (Å²) in [7, 11) is 0. The Morgan fingerprint density at radius 3 is 2.57 bits per heavy atom. The molecule has 21 heavy (non-hydrogen) atoms. The lowest BCUT2D eigenvalue weighted by atomic mass is 10.0. The number of nitrogens with zero attached hydrogens (tertiary/aromatic N) is 1. The van der Waals surface area contributed by atoms with E-state index in [0.29, 0.717) is 11.8 Å². The fourth-order valence-corrected chi connectivity index (χ4v) is 3.55. The molecule has 0 saturated carbocycles. The normalized spacial score (nSPS) is 24.3. The first-order valence-corrected chi connectivity index (χ1v) is 7.55. The van der Waals surface area contributed by atoms with Gasteiger partial charge in [0, 0.05) is 31.6 Å². The first-order valence-electron chi connectivity index (χ1n) is 7.55. The van der Waals surface area contributed by atoms with Crippen molar-refractivity contribution in [2.45, 2.75) is 0 Å². The van der Waals surface area contributed by atoms with Crippen LogP contribution in [0.5, 0.6) is 0 Å². The number of hydrogen-bond donors (Lipinski definition) is 2. The Bertz CT molecular complexity index is 667. The molecule has 2 aromatic rings. The molecule has 2 fully saturated rings. The summed E-state index contributed by atoms with van der Waals surface area (Å²) in [6, 6.07) is 14.2. The predicted octanol–water partition coefficient (Wildman–Crippen LogP) is 2.52. The molecule has 0 aliphatic carbocycles. The van der Waals surface area contributed by atoms with Gasteiger partial charge in [-0.1, -0.05) is 36.4 Å². The van der Waals surface area contributed by atoms with Gasteiger partial charge in [-0.15, -0.1) is 0 Å². The Morgan fingerprint density at radius 1 is 1.05 bits per heavy atom. The summed E-state index contributed by atoms with van der Waals surface area (Å²) in [6.07, 6.45) is 0. The van der Waals surface area contributed by atoms with E-state index in [4.69, 9.17) is 0 Å². The van der Waals surface area contributed by atoms with Gasteiger partial charge in [-0.25, -0.2) is 4.79 Å². The molecule has 4 rings (SSSR count). The molecular weight excluding hydrogens is 262 g/mol. The SMILES string of the molecule is O=C(Nc1cccc2ccccc12)N1C[C@H]2CNC[C@H]2C1. The van der Waals surface area contributed by atoms with Crippen LogP contribution in [-0.4, -0.2) is 37.1 Å². The van der Waals surface area contributed by atoms with Crippen molar-refractivity contribution in [1.29, 1.82) is 0 Å². The standard InChI is InChI=1S/C17H19N3O/c21-17(20-10-13-8-18-9-14(13)11-20)19-16-7-3-5-12-4-1-2-6-15(12)16/h1-7,13-14,18H,8-11H2,(H,19,21)/t13-,14+. The molecule has 4 heteroatoms. The topological polar surface area (TPSA) is 44.4 Å². The second-order valence-electron chi connectivity index (χ2n) is 6.04.